The molecule has 3 rings (SSSR count). The van der Waals surface area contributed by atoms with Crippen LogP contribution >= 0.6 is 0 Å². The standard InChI is InChI=1S/C17H22N2O2/c1-20-16-8-2-3-9-17(16)21-13-12-19-11-5-7-15(19)14-6-4-10-18-14/h2-4,6,8-10,15,18H,5,7,11-13H2,1H3. The lowest BCUT2D eigenvalue weighted by Crippen LogP contribution is -2.28. The molecule has 1 aromatic carbocycles. The van der Waals surface area contributed by atoms with E-state index in [-0.39, 0.29) is 0 Å². The van der Waals surface area contributed by atoms with Gasteiger partial charge in [0.2, 0.25) is 0 Å². The minimum Gasteiger partial charge on any atom is -0.493 e. The van der Waals surface area contributed by atoms with Gasteiger partial charge in [0.1, 0.15) is 6.61 Å². The maximum Gasteiger partial charge on any atom is 0.161 e. The van der Waals surface area contributed by atoms with Gasteiger partial charge in [0.15, 0.2) is 11.5 Å². The molecule has 0 spiro atoms. The van der Waals surface area contributed by atoms with Crippen LogP contribution in [-0.4, -0.2) is 36.7 Å². The fourth-order valence-electron chi connectivity index (χ4n) is 3.01. The second-order valence-corrected chi connectivity index (χ2v) is 5.32. The number of nitrogens with zero attached hydrogens (tertiary/aromatic N) is 1. The lowest BCUT2D eigenvalue weighted by atomic mass is 10.1. The number of H-pyrrole nitrogens is 1. The van der Waals surface area contributed by atoms with E-state index in [1.807, 2.05) is 30.5 Å². The van der Waals surface area contributed by atoms with E-state index < -0.39 is 0 Å². The number of hydrogen-bond acceptors (Lipinski definition) is 3. The Hall–Kier alpha value is -1.94. The molecular weight excluding hydrogens is 264 g/mol. The van der Waals surface area contributed by atoms with Crippen LogP contribution in [0.15, 0.2) is 42.6 Å². The minimum atomic E-state index is 0.501. The van der Waals surface area contributed by atoms with Gasteiger partial charge in [0.25, 0.3) is 0 Å². The van der Waals surface area contributed by atoms with Crippen LogP contribution in [0.25, 0.3) is 0 Å². The Bertz CT molecular complexity index is 554. The summed E-state index contributed by atoms with van der Waals surface area (Å²) in [7, 11) is 1.67. The third kappa shape index (κ3) is 3.22. The summed E-state index contributed by atoms with van der Waals surface area (Å²) in [6.45, 7) is 2.75. The maximum absolute atomic E-state index is 5.88. The van der Waals surface area contributed by atoms with Gasteiger partial charge in [-0.05, 0) is 43.7 Å². The minimum absolute atomic E-state index is 0.501. The van der Waals surface area contributed by atoms with Crippen molar-refractivity contribution in [3.05, 3.63) is 48.3 Å². The average molecular weight is 286 g/mol. The summed E-state index contributed by atoms with van der Waals surface area (Å²) < 4.78 is 11.2. The quantitative estimate of drug-likeness (QED) is 0.886. The SMILES string of the molecule is COc1ccccc1OCCN1CCCC1c1ccc[nH]1. The third-order valence-corrected chi connectivity index (χ3v) is 4.05. The molecule has 1 aliphatic heterocycles. The zero-order chi connectivity index (χ0) is 14.5. The predicted molar refractivity (Wildman–Crippen MR) is 82.8 cm³/mol. The molecule has 2 aromatic rings. The molecule has 0 amide bonds. The Morgan fingerprint density at radius 3 is 2.81 bits per heavy atom. The molecule has 1 unspecified atom stereocenters. The van der Waals surface area contributed by atoms with Gasteiger partial charge in [-0.25, -0.2) is 0 Å². The normalized spacial score (nSPS) is 18.8. The molecule has 112 valence electrons. The zero-order valence-electron chi connectivity index (χ0n) is 12.4. The van der Waals surface area contributed by atoms with E-state index in [0.717, 1.165) is 24.6 Å². The van der Waals surface area contributed by atoms with Crippen LogP contribution in [0.4, 0.5) is 0 Å². The highest BCUT2D eigenvalue weighted by atomic mass is 16.5. The van der Waals surface area contributed by atoms with Crippen molar-refractivity contribution in [2.45, 2.75) is 18.9 Å². The highest BCUT2D eigenvalue weighted by molar-refractivity contribution is 5.39. The van der Waals surface area contributed by atoms with Crippen LogP contribution in [0.2, 0.25) is 0 Å². The largest absolute Gasteiger partial charge is 0.493 e. The first kappa shape index (κ1) is 14.0. The van der Waals surface area contributed by atoms with Crippen LogP contribution in [-0.2, 0) is 0 Å². The molecule has 1 saturated heterocycles. The molecule has 4 heteroatoms. The van der Waals surface area contributed by atoms with E-state index in [2.05, 4.69) is 22.0 Å². The number of para-hydroxylation sites is 2. The Morgan fingerprint density at radius 2 is 2.05 bits per heavy atom. The molecule has 0 radical (unpaired) electrons. The molecular formula is C17H22N2O2. The first-order valence-corrected chi connectivity index (χ1v) is 7.51. The Labute approximate surface area is 125 Å². The average Bonchev–Trinajstić information content (AvgIpc) is 3.18. The molecule has 0 saturated carbocycles. The van der Waals surface area contributed by atoms with Crippen molar-refractivity contribution in [1.29, 1.82) is 0 Å². The number of hydrogen-bond donors (Lipinski definition) is 1. The molecule has 0 aliphatic carbocycles. The number of nitrogens with one attached hydrogen (secondary N) is 1. The molecule has 2 heterocycles. The van der Waals surface area contributed by atoms with Crippen molar-refractivity contribution in [2.24, 2.45) is 0 Å². The Kier molecular flexibility index (Phi) is 4.46. The van der Waals surface area contributed by atoms with Crippen molar-refractivity contribution in [3.63, 3.8) is 0 Å². The van der Waals surface area contributed by atoms with Crippen molar-refractivity contribution in [2.75, 3.05) is 26.8 Å². The monoisotopic (exact) mass is 286 g/mol. The van der Waals surface area contributed by atoms with Gasteiger partial charge < -0.3 is 14.5 Å². The van der Waals surface area contributed by atoms with Crippen LogP contribution in [0, 0.1) is 0 Å². The van der Waals surface area contributed by atoms with Gasteiger partial charge in [-0.1, -0.05) is 12.1 Å². The highest BCUT2D eigenvalue weighted by Crippen LogP contribution is 2.31. The summed E-state index contributed by atoms with van der Waals surface area (Å²) in [6, 6.07) is 12.5. The molecule has 1 N–H and O–H groups in total. The summed E-state index contributed by atoms with van der Waals surface area (Å²) >= 11 is 0. The van der Waals surface area contributed by atoms with Gasteiger partial charge in [0.05, 0.1) is 7.11 Å². The Morgan fingerprint density at radius 1 is 1.19 bits per heavy atom. The molecule has 1 aliphatic rings. The molecule has 21 heavy (non-hydrogen) atoms. The van der Waals surface area contributed by atoms with Crippen LogP contribution in [0.3, 0.4) is 0 Å². The first-order valence-electron chi connectivity index (χ1n) is 7.51. The summed E-state index contributed by atoms with van der Waals surface area (Å²) in [4.78, 5) is 5.82. The molecule has 1 fully saturated rings. The van der Waals surface area contributed by atoms with Gasteiger partial charge in [0, 0.05) is 24.5 Å². The van der Waals surface area contributed by atoms with Gasteiger partial charge in [-0.2, -0.15) is 0 Å². The highest BCUT2D eigenvalue weighted by Gasteiger charge is 2.26. The second kappa shape index (κ2) is 6.68. The molecule has 4 nitrogen and oxygen atoms in total. The smallest absolute Gasteiger partial charge is 0.161 e. The lowest BCUT2D eigenvalue weighted by Gasteiger charge is -2.23. The number of benzene rings is 1. The van der Waals surface area contributed by atoms with E-state index in [1.165, 1.54) is 18.5 Å². The lowest BCUT2D eigenvalue weighted by molar-refractivity contribution is 0.192. The van der Waals surface area contributed by atoms with Crippen LogP contribution in [0.5, 0.6) is 11.5 Å². The molecule has 0 bridgehead atoms. The van der Waals surface area contributed by atoms with E-state index >= 15 is 0 Å². The number of likely N-dealkylation sites (tertiary alicyclic amines) is 1. The summed E-state index contributed by atoms with van der Waals surface area (Å²) in [5.41, 5.74) is 1.31. The van der Waals surface area contributed by atoms with Crippen molar-refractivity contribution in [1.82, 2.24) is 9.88 Å². The van der Waals surface area contributed by atoms with E-state index in [9.17, 15) is 0 Å². The molecule has 1 atom stereocenters. The van der Waals surface area contributed by atoms with Gasteiger partial charge >= 0.3 is 0 Å². The number of aromatic amines is 1. The fourth-order valence-corrected chi connectivity index (χ4v) is 3.01. The van der Waals surface area contributed by atoms with E-state index in [1.54, 1.807) is 7.11 Å². The van der Waals surface area contributed by atoms with Crippen molar-refractivity contribution < 1.29 is 9.47 Å². The summed E-state index contributed by atoms with van der Waals surface area (Å²) in [5.74, 6) is 1.61. The van der Waals surface area contributed by atoms with E-state index in [4.69, 9.17) is 9.47 Å². The van der Waals surface area contributed by atoms with Gasteiger partial charge in [-0.3, -0.25) is 4.90 Å². The number of methoxy groups -OCH3 is 1. The van der Waals surface area contributed by atoms with Gasteiger partial charge in [-0.15, -0.1) is 0 Å². The number of ether oxygens (including phenoxy) is 2. The Balaban J connectivity index is 1.55. The maximum atomic E-state index is 5.88. The van der Waals surface area contributed by atoms with Crippen molar-refractivity contribution >= 4 is 0 Å². The zero-order valence-corrected chi connectivity index (χ0v) is 12.4. The molecule has 1 aromatic heterocycles. The first-order chi connectivity index (χ1) is 10.4. The second-order valence-electron chi connectivity index (χ2n) is 5.32. The third-order valence-electron chi connectivity index (χ3n) is 4.05. The summed E-state index contributed by atoms with van der Waals surface area (Å²) in [6.07, 6.45) is 4.46. The van der Waals surface area contributed by atoms with Crippen molar-refractivity contribution in [3.8, 4) is 11.5 Å². The predicted octanol–water partition coefficient (Wildman–Crippen LogP) is 3.24. The van der Waals surface area contributed by atoms with E-state index in [0.29, 0.717) is 12.6 Å². The number of aromatic nitrogens is 1. The fraction of sp³-hybridized carbons (Fsp3) is 0.412. The topological polar surface area (TPSA) is 37.5 Å². The van der Waals surface area contributed by atoms with Crippen LogP contribution < -0.4 is 9.47 Å². The van der Waals surface area contributed by atoms with Crippen LogP contribution in [0.1, 0.15) is 24.6 Å². The summed E-state index contributed by atoms with van der Waals surface area (Å²) in [5, 5.41) is 0. The number of rotatable bonds is 6.